The number of fused-ring (bicyclic) bond motifs is 1. The lowest BCUT2D eigenvalue weighted by Gasteiger charge is -2.31. The van der Waals surface area contributed by atoms with E-state index >= 15 is 0 Å². The number of amides is 1. The molecule has 1 fully saturated rings. The molecule has 0 aliphatic carbocycles. The summed E-state index contributed by atoms with van der Waals surface area (Å²) in [4.78, 5) is 15.2. The van der Waals surface area contributed by atoms with Crippen molar-refractivity contribution in [3.8, 4) is 6.07 Å². The third kappa shape index (κ3) is 3.59. The zero-order valence-corrected chi connectivity index (χ0v) is 15.3. The molecule has 1 aromatic heterocycles. The van der Waals surface area contributed by atoms with E-state index in [-0.39, 0.29) is 5.91 Å². The van der Waals surface area contributed by atoms with Gasteiger partial charge in [-0.25, -0.2) is 0 Å². The fraction of sp³-hybridized carbons (Fsp3) is 0.304. The van der Waals surface area contributed by atoms with Crippen LogP contribution in [0.2, 0.25) is 0 Å². The Labute approximate surface area is 159 Å². The van der Waals surface area contributed by atoms with Gasteiger partial charge < -0.3 is 9.47 Å². The standard InChI is InChI=1S/C23H23N3O/c24-13-12-19-9-6-14-25(15-19)23(27)21-17-26(16-18-7-2-1-3-8-18)22-11-5-4-10-20(21)22/h1-5,7-8,10-11,17,19H,6,9,12,14-16H2. The second-order valence-corrected chi connectivity index (χ2v) is 7.30. The first-order valence-electron chi connectivity index (χ1n) is 9.54. The second kappa shape index (κ2) is 7.67. The lowest BCUT2D eigenvalue weighted by atomic mass is 9.95. The first kappa shape index (κ1) is 17.4. The molecule has 4 rings (SSSR count). The number of para-hydroxylation sites is 1. The summed E-state index contributed by atoms with van der Waals surface area (Å²) < 4.78 is 2.16. The van der Waals surface area contributed by atoms with E-state index in [0.717, 1.165) is 42.4 Å². The maximum absolute atomic E-state index is 13.3. The molecule has 3 aromatic rings. The van der Waals surface area contributed by atoms with Crippen LogP contribution < -0.4 is 0 Å². The van der Waals surface area contributed by atoms with Gasteiger partial charge in [0.25, 0.3) is 5.91 Å². The average molecular weight is 357 g/mol. The summed E-state index contributed by atoms with van der Waals surface area (Å²) >= 11 is 0. The quantitative estimate of drug-likeness (QED) is 0.692. The van der Waals surface area contributed by atoms with E-state index in [0.29, 0.717) is 18.9 Å². The number of nitriles is 1. The molecule has 27 heavy (non-hydrogen) atoms. The molecule has 4 heteroatoms. The molecule has 1 saturated heterocycles. The van der Waals surface area contributed by atoms with Gasteiger partial charge in [0.05, 0.1) is 11.6 Å². The normalized spacial score (nSPS) is 17.0. The molecule has 136 valence electrons. The van der Waals surface area contributed by atoms with Crippen molar-refractivity contribution in [3.05, 3.63) is 71.9 Å². The van der Waals surface area contributed by atoms with Gasteiger partial charge in [-0.05, 0) is 30.4 Å². The Bertz CT molecular complexity index is 984. The number of carbonyl (C=O) groups excluding carboxylic acids is 1. The van der Waals surface area contributed by atoms with Gasteiger partial charge >= 0.3 is 0 Å². The molecule has 1 aliphatic rings. The molecule has 0 bridgehead atoms. The van der Waals surface area contributed by atoms with E-state index in [1.54, 1.807) is 0 Å². The Balaban J connectivity index is 1.65. The number of hydrogen-bond acceptors (Lipinski definition) is 2. The van der Waals surface area contributed by atoms with Gasteiger partial charge in [-0.15, -0.1) is 0 Å². The van der Waals surface area contributed by atoms with E-state index in [2.05, 4.69) is 28.8 Å². The molecule has 4 nitrogen and oxygen atoms in total. The van der Waals surface area contributed by atoms with E-state index < -0.39 is 0 Å². The Morgan fingerprint density at radius 3 is 2.70 bits per heavy atom. The fourth-order valence-corrected chi connectivity index (χ4v) is 4.04. The Hall–Kier alpha value is -3.06. The van der Waals surface area contributed by atoms with E-state index in [1.807, 2.05) is 47.5 Å². The van der Waals surface area contributed by atoms with Crippen molar-refractivity contribution in [1.29, 1.82) is 5.26 Å². The van der Waals surface area contributed by atoms with Crippen molar-refractivity contribution >= 4 is 16.8 Å². The molecule has 0 saturated carbocycles. The Kier molecular flexibility index (Phi) is 4.93. The topological polar surface area (TPSA) is 49.0 Å². The van der Waals surface area contributed by atoms with Crippen LogP contribution in [0.15, 0.2) is 60.8 Å². The minimum absolute atomic E-state index is 0.0839. The third-order valence-electron chi connectivity index (χ3n) is 5.40. The summed E-state index contributed by atoms with van der Waals surface area (Å²) in [6, 6.07) is 20.7. The highest BCUT2D eigenvalue weighted by Crippen LogP contribution is 2.26. The predicted octanol–water partition coefficient (Wildman–Crippen LogP) is 4.46. The molecule has 0 radical (unpaired) electrons. The van der Waals surface area contributed by atoms with Crippen LogP contribution in [0.25, 0.3) is 10.9 Å². The monoisotopic (exact) mass is 357 g/mol. The molecule has 0 N–H and O–H groups in total. The SMILES string of the molecule is N#CCC1CCCN(C(=O)c2cn(Cc3ccccc3)c3ccccc23)C1. The third-order valence-corrected chi connectivity index (χ3v) is 5.40. The van der Waals surface area contributed by atoms with Crippen LogP contribution in [0.4, 0.5) is 0 Å². The van der Waals surface area contributed by atoms with Crippen molar-refractivity contribution < 1.29 is 4.79 Å². The Morgan fingerprint density at radius 2 is 1.89 bits per heavy atom. The number of aromatic nitrogens is 1. The molecule has 1 amide bonds. The summed E-state index contributed by atoms with van der Waals surface area (Å²) in [6.45, 7) is 2.20. The van der Waals surface area contributed by atoms with Crippen molar-refractivity contribution in [1.82, 2.24) is 9.47 Å². The highest BCUT2D eigenvalue weighted by molar-refractivity contribution is 6.07. The number of carbonyl (C=O) groups is 1. The zero-order chi connectivity index (χ0) is 18.6. The molecule has 1 unspecified atom stereocenters. The van der Waals surface area contributed by atoms with Crippen LogP contribution in [0.3, 0.4) is 0 Å². The number of hydrogen-bond donors (Lipinski definition) is 0. The summed E-state index contributed by atoms with van der Waals surface area (Å²) in [5.41, 5.74) is 3.05. The van der Waals surface area contributed by atoms with E-state index in [9.17, 15) is 4.79 Å². The molecule has 2 aromatic carbocycles. The van der Waals surface area contributed by atoms with Crippen LogP contribution in [0.5, 0.6) is 0 Å². The fourth-order valence-electron chi connectivity index (χ4n) is 4.04. The molecule has 0 spiro atoms. The highest BCUT2D eigenvalue weighted by atomic mass is 16.2. The van der Waals surface area contributed by atoms with Gasteiger partial charge in [0.2, 0.25) is 0 Å². The number of rotatable bonds is 4. The zero-order valence-electron chi connectivity index (χ0n) is 15.3. The minimum atomic E-state index is 0.0839. The molecular formula is C23H23N3O. The van der Waals surface area contributed by atoms with Crippen LogP contribution in [0, 0.1) is 17.2 Å². The van der Waals surface area contributed by atoms with Gasteiger partial charge in [0.1, 0.15) is 0 Å². The molecule has 2 heterocycles. The largest absolute Gasteiger partial charge is 0.342 e. The van der Waals surface area contributed by atoms with E-state index in [1.165, 1.54) is 5.56 Å². The van der Waals surface area contributed by atoms with Gasteiger partial charge in [0, 0.05) is 43.2 Å². The van der Waals surface area contributed by atoms with Crippen molar-refractivity contribution in [2.75, 3.05) is 13.1 Å². The maximum atomic E-state index is 13.3. The number of benzene rings is 2. The van der Waals surface area contributed by atoms with Crippen LogP contribution in [-0.2, 0) is 6.54 Å². The summed E-state index contributed by atoms with van der Waals surface area (Å²) in [7, 11) is 0. The predicted molar refractivity (Wildman–Crippen MR) is 106 cm³/mol. The van der Waals surface area contributed by atoms with Crippen molar-refractivity contribution in [3.63, 3.8) is 0 Å². The first-order valence-corrected chi connectivity index (χ1v) is 9.54. The van der Waals surface area contributed by atoms with Gasteiger partial charge in [-0.3, -0.25) is 4.79 Å². The maximum Gasteiger partial charge on any atom is 0.256 e. The van der Waals surface area contributed by atoms with Crippen LogP contribution in [-0.4, -0.2) is 28.5 Å². The number of likely N-dealkylation sites (tertiary alicyclic amines) is 1. The van der Waals surface area contributed by atoms with Crippen LogP contribution in [0.1, 0.15) is 35.2 Å². The highest BCUT2D eigenvalue weighted by Gasteiger charge is 2.26. The molecular weight excluding hydrogens is 334 g/mol. The molecule has 1 aliphatic heterocycles. The van der Waals surface area contributed by atoms with Gasteiger partial charge in [-0.1, -0.05) is 48.5 Å². The minimum Gasteiger partial charge on any atom is -0.342 e. The summed E-state index contributed by atoms with van der Waals surface area (Å²) in [6.07, 6.45) is 4.53. The number of nitrogens with zero attached hydrogens (tertiary/aromatic N) is 3. The second-order valence-electron chi connectivity index (χ2n) is 7.30. The van der Waals surface area contributed by atoms with Gasteiger partial charge in [-0.2, -0.15) is 5.26 Å². The molecule has 1 atom stereocenters. The lowest BCUT2D eigenvalue weighted by molar-refractivity contribution is 0.0677. The summed E-state index contributed by atoms with van der Waals surface area (Å²) in [5, 5.41) is 9.99. The van der Waals surface area contributed by atoms with E-state index in [4.69, 9.17) is 5.26 Å². The lowest BCUT2D eigenvalue weighted by Crippen LogP contribution is -2.39. The average Bonchev–Trinajstić information content (AvgIpc) is 3.07. The van der Waals surface area contributed by atoms with Crippen molar-refractivity contribution in [2.24, 2.45) is 5.92 Å². The van der Waals surface area contributed by atoms with Crippen molar-refractivity contribution in [2.45, 2.75) is 25.8 Å². The Morgan fingerprint density at radius 1 is 1.11 bits per heavy atom. The van der Waals surface area contributed by atoms with Crippen LogP contribution >= 0.6 is 0 Å². The summed E-state index contributed by atoms with van der Waals surface area (Å²) in [5.74, 6) is 0.381. The smallest absolute Gasteiger partial charge is 0.256 e. The van der Waals surface area contributed by atoms with Gasteiger partial charge in [0.15, 0.2) is 0 Å². The number of piperidine rings is 1. The first-order chi connectivity index (χ1) is 13.3.